The molecule has 0 unspecified atom stereocenters. The zero-order valence-electron chi connectivity index (χ0n) is 18.2. The lowest BCUT2D eigenvalue weighted by molar-refractivity contribution is 1.37. The standard InChI is InChI=1S/C15H12.C15H16.CH4/c1-11-6-7-14-9-12-4-2-3-5-13(12)10-15(14)8-11;1-11-8-9-13(3)15(10-11)14-7-5-4-6-12(14)2;/h2-10H,1H3;4-10H,1-3H3;1H4. The van der Waals surface area contributed by atoms with Crippen LogP contribution in [0, 0.1) is 27.7 Å². The molecule has 0 aliphatic carbocycles. The average molecular weight is 405 g/mol. The quantitative estimate of drug-likeness (QED) is 0.244. The van der Waals surface area contributed by atoms with Gasteiger partial charge < -0.3 is 0 Å². The maximum Gasteiger partial charge on any atom is -0.0149 e. The third-order valence-corrected chi connectivity index (χ3v) is 5.69. The van der Waals surface area contributed by atoms with Crippen LogP contribution in [0.4, 0.5) is 0 Å². The molecule has 156 valence electrons. The van der Waals surface area contributed by atoms with Crippen molar-refractivity contribution in [2.45, 2.75) is 35.1 Å². The molecule has 0 amide bonds. The molecule has 0 N–H and O–H groups in total. The molecule has 0 saturated carbocycles. The van der Waals surface area contributed by atoms with Gasteiger partial charge >= 0.3 is 0 Å². The maximum atomic E-state index is 2.26. The van der Waals surface area contributed by atoms with Gasteiger partial charge in [0, 0.05) is 0 Å². The second kappa shape index (κ2) is 9.62. The van der Waals surface area contributed by atoms with E-state index in [1.54, 1.807) is 0 Å². The fraction of sp³-hybridized carbons (Fsp3) is 0.161. The second-order valence-corrected chi connectivity index (χ2v) is 8.18. The van der Waals surface area contributed by atoms with Crippen LogP contribution in [0.15, 0.2) is 97.1 Å². The van der Waals surface area contributed by atoms with Gasteiger partial charge in [-0.2, -0.15) is 0 Å². The minimum atomic E-state index is 0. The Kier molecular flexibility index (Phi) is 6.92. The Morgan fingerprint density at radius 1 is 0.387 bits per heavy atom. The molecule has 0 aromatic heterocycles. The Morgan fingerprint density at radius 2 is 0.903 bits per heavy atom. The summed E-state index contributed by atoms with van der Waals surface area (Å²) in [6.45, 7) is 8.61. The molecule has 0 heteroatoms. The van der Waals surface area contributed by atoms with Crippen LogP contribution in [0.3, 0.4) is 0 Å². The summed E-state index contributed by atoms with van der Waals surface area (Å²) in [6, 6.07) is 34.8. The van der Waals surface area contributed by atoms with Crippen LogP contribution in [0.25, 0.3) is 32.7 Å². The highest BCUT2D eigenvalue weighted by molar-refractivity contribution is 5.98. The Hall–Kier alpha value is -3.38. The minimum absolute atomic E-state index is 0. The van der Waals surface area contributed by atoms with E-state index in [0.717, 1.165) is 0 Å². The van der Waals surface area contributed by atoms with Crippen molar-refractivity contribution >= 4 is 21.5 Å². The first-order valence-corrected chi connectivity index (χ1v) is 10.5. The maximum absolute atomic E-state index is 2.26. The van der Waals surface area contributed by atoms with E-state index in [0.29, 0.717) is 0 Å². The number of hydrogen-bond acceptors (Lipinski definition) is 0. The fourth-order valence-corrected chi connectivity index (χ4v) is 3.96. The van der Waals surface area contributed by atoms with E-state index in [4.69, 9.17) is 0 Å². The summed E-state index contributed by atoms with van der Waals surface area (Å²) in [4.78, 5) is 0. The van der Waals surface area contributed by atoms with Gasteiger partial charge in [-0.3, -0.25) is 0 Å². The van der Waals surface area contributed by atoms with E-state index in [1.807, 2.05) is 0 Å². The van der Waals surface area contributed by atoms with Crippen molar-refractivity contribution in [3.05, 3.63) is 119 Å². The lowest BCUT2D eigenvalue weighted by Crippen LogP contribution is -1.87. The van der Waals surface area contributed by atoms with Gasteiger partial charge in [-0.05, 0) is 83.6 Å². The van der Waals surface area contributed by atoms with Crippen molar-refractivity contribution in [2.24, 2.45) is 0 Å². The largest absolute Gasteiger partial charge is 0.0776 e. The first-order chi connectivity index (χ1) is 14.5. The van der Waals surface area contributed by atoms with Gasteiger partial charge in [0.25, 0.3) is 0 Å². The summed E-state index contributed by atoms with van der Waals surface area (Å²) in [5, 5.41) is 5.28. The Labute approximate surface area is 187 Å². The van der Waals surface area contributed by atoms with E-state index >= 15 is 0 Å². The normalized spacial score (nSPS) is 10.3. The van der Waals surface area contributed by atoms with Crippen molar-refractivity contribution < 1.29 is 0 Å². The number of hydrogen-bond donors (Lipinski definition) is 0. The second-order valence-electron chi connectivity index (χ2n) is 8.18. The van der Waals surface area contributed by atoms with Crippen LogP contribution in [0.1, 0.15) is 29.7 Å². The summed E-state index contributed by atoms with van der Waals surface area (Å²) in [6.07, 6.45) is 0. The summed E-state index contributed by atoms with van der Waals surface area (Å²) >= 11 is 0. The van der Waals surface area contributed by atoms with Crippen LogP contribution >= 0.6 is 0 Å². The SMILES string of the molecule is C.Cc1ccc(C)c(-c2ccccc2C)c1.Cc1ccc2cc3ccccc3cc2c1. The molecule has 0 heterocycles. The predicted molar refractivity (Wildman–Crippen MR) is 139 cm³/mol. The number of fused-ring (bicyclic) bond motifs is 2. The molecule has 0 spiro atoms. The highest BCUT2D eigenvalue weighted by atomic mass is 14.1. The van der Waals surface area contributed by atoms with Gasteiger partial charge in [-0.15, -0.1) is 0 Å². The van der Waals surface area contributed by atoms with E-state index in [9.17, 15) is 0 Å². The van der Waals surface area contributed by atoms with Gasteiger partial charge in [0.05, 0.1) is 0 Å². The topological polar surface area (TPSA) is 0 Å². The van der Waals surface area contributed by atoms with Crippen molar-refractivity contribution in [3.8, 4) is 11.1 Å². The van der Waals surface area contributed by atoms with E-state index < -0.39 is 0 Å². The third kappa shape index (κ3) is 5.03. The molecule has 5 aromatic rings. The molecule has 0 fully saturated rings. The first kappa shape index (κ1) is 22.3. The van der Waals surface area contributed by atoms with Gasteiger partial charge in [0.15, 0.2) is 0 Å². The molecule has 5 aromatic carbocycles. The Morgan fingerprint density at radius 3 is 1.61 bits per heavy atom. The minimum Gasteiger partial charge on any atom is -0.0776 e. The molecular weight excluding hydrogens is 372 g/mol. The number of aryl methyl sites for hydroxylation is 4. The van der Waals surface area contributed by atoms with E-state index in [-0.39, 0.29) is 7.43 Å². The fourth-order valence-electron chi connectivity index (χ4n) is 3.96. The van der Waals surface area contributed by atoms with E-state index in [1.165, 1.54) is 54.9 Å². The van der Waals surface area contributed by atoms with Crippen molar-refractivity contribution in [1.29, 1.82) is 0 Å². The highest BCUT2D eigenvalue weighted by Gasteiger charge is 2.04. The van der Waals surface area contributed by atoms with E-state index in [2.05, 4.69) is 125 Å². The zero-order chi connectivity index (χ0) is 21.1. The summed E-state index contributed by atoms with van der Waals surface area (Å²) < 4.78 is 0. The third-order valence-electron chi connectivity index (χ3n) is 5.69. The average Bonchev–Trinajstić information content (AvgIpc) is 2.75. The van der Waals surface area contributed by atoms with Crippen LogP contribution < -0.4 is 0 Å². The highest BCUT2D eigenvalue weighted by Crippen LogP contribution is 2.27. The number of rotatable bonds is 1. The molecule has 0 nitrogen and oxygen atoms in total. The van der Waals surface area contributed by atoms with Crippen LogP contribution in [-0.2, 0) is 0 Å². The smallest absolute Gasteiger partial charge is 0.0149 e. The molecule has 0 aliphatic rings. The Bertz CT molecular complexity index is 1320. The van der Waals surface area contributed by atoms with Gasteiger partial charge in [0.2, 0.25) is 0 Å². The molecule has 5 rings (SSSR count). The van der Waals surface area contributed by atoms with Crippen LogP contribution in [0.2, 0.25) is 0 Å². The van der Waals surface area contributed by atoms with Crippen molar-refractivity contribution in [1.82, 2.24) is 0 Å². The Balaban J connectivity index is 0.000000170. The lowest BCUT2D eigenvalue weighted by Gasteiger charge is -2.09. The molecular formula is C31H32. The van der Waals surface area contributed by atoms with Crippen molar-refractivity contribution in [2.75, 3.05) is 0 Å². The summed E-state index contributed by atoms with van der Waals surface area (Å²) in [7, 11) is 0. The molecule has 0 saturated heterocycles. The zero-order valence-corrected chi connectivity index (χ0v) is 18.2. The van der Waals surface area contributed by atoms with Gasteiger partial charge in [-0.1, -0.05) is 103 Å². The van der Waals surface area contributed by atoms with Gasteiger partial charge in [0.1, 0.15) is 0 Å². The lowest BCUT2D eigenvalue weighted by atomic mass is 9.95. The molecule has 0 aliphatic heterocycles. The summed E-state index contributed by atoms with van der Waals surface area (Å²) in [5.74, 6) is 0. The molecule has 0 radical (unpaired) electrons. The van der Waals surface area contributed by atoms with Crippen LogP contribution in [0.5, 0.6) is 0 Å². The first-order valence-electron chi connectivity index (χ1n) is 10.5. The summed E-state index contributed by atoms with van der Waals surface area (Å²) in [5.41, 5.74) is 8.02. The van der Waals surface area contributed by atoms with Crippen molar-refractivity contribution in [3.63, 3.8) is 0 Å². The van der Waals surface area contributed by atoms with Gasteiger partial charge in [-0.25, -0.2) is 0 Å². The molecule has 0 atom stereocenters. The molecule has 31 heavy (non-hydrogen) atoms. The van der Waals surface area contributed by atoms with Crippen LogP contribution in [-0.4, -0.2) is 0 Å². The predicted octanol–water partition coefficient (Wildman–Crippen LogP) is 9.22. The monoisotopic (exact) mass is 404 g/mol. The molecule has 0 bridgehead atoms. The number of benzene rings is 5.